The van der Waals surface area contributed by atoms with Gasteiger partial charge in [-0.25, -0.2) is 4.98 Å². The van der Waals surface area contributed by atoms with E-state index in [1.165, 1.54) is 11.3 Å². The molecule has 0 saturated carbocycles. The van der Waals surface area contributed by atoms with Crippen LogP contribution in [0.3, 0.4) is 0 Å². The molecule has 1 saturated heterocycles. The molecule has 3 rings (SSSR count). The lowest BCUT2D eigenvalue weighted by atomic mass is 10.3. The van der Waals surface area contributed by atoms with E-state index in [0.29, 0.717) is 18.1 Å². The summed E-state index contributed by atoms with van der Waals surface area (Å²) in [7, 11) is 0. The Morgan fingerprint density at radius 1 is 1.53 bits per heavy atom. The van der Waals surface area contributed by atoms with Crippen molar-refractivity contribution in [3.8, 4) is 5.75 Å². The molecule has 2 heterocycles. The van der Waals surface area contributed by atoms with Crippen molar-refractivity contribution in [1.82, 2.24) is 4.98 Å². The highest BCUT2D eigenvalue weighted by molar-refractivity contribution is 9.09. The van der Waals surface area contributed by atoms with Crippen molar-refractivity contribution in [2.45, 2.75) is 11.2 Å². The number of anilines is 1. The molecular weight excluding hydrogens is 304 g/mol. The highest BCUT2D eigenvalue weighted by Crippen LogP contribution is 2.34. The summed E-state index contributed by atoms with van der Waals surface area (Å²) in [6.07, 6.45) is 0.515. The molecule has 1 aliphatic rings. The summed E-state index contributed by atoms with van der Waals surface area (Å²) in [6.45, 7) is 0.657. The van der Waals surface area contributed by atoms with Crippen LogP contribution in [-0.2, 0) is 4.79 Å². The Labute approximate surface area is 110 Å². The van der Waals surface area contributed by atoms with Crippen molar-refractivity contribution >= 4 is 48.5 Å². The van der Waals surface area contributed by atoms with Gasteiger partial charge in [-0.2, -0.15) is 0 Å². The maximum Gasteiger partial charge on any atom is 0.230 e. The molecule has 88 valence electrons. The minimum atomic E-state index is 0.0927. The van der Waals surface area contributed by atoms with Crippen LogP contribution in [-0.4, -0.2) is 27.4 Å². The SMILES string of the molecule is O=C1CC(Br)CN1c1nc2ccc(O)cc2s1. The van der Waals surface area contributed by atoms with Crippen LogP contribution in [0.25, 0.3) is 10.2 Å². The molecule has 1 aromatic carbocycles. The van der Waals surface area contributed by atoms with E-state index >= 15 is 0 Å². The van der Waals surface area contributed by atoms with Crippen LogP contribution < -0.4 is 4.90 Å². The molecule has 1 atom stereocenters. The van der Waals surface area contributed by atoms with Gasteiger partial charge in [0.1, 0.15) is 5.75 Å². The van der Waals surface area contributed by atoms with Gasteiger partial charge in [-0.15, -0.1) is 0 Å². The minimum Gasteiger partial charge on any atom is -0.508 e. The third kappa shape index (κ3) is 1.91. The molecule has 0 radical (unpaired) electrons. The quantitative estimate of drug-likeness (QED) is 0.823. The number of aromatic nitrogens is 1. The number of aromatic hydroxyl groups is 1. The van der Waals surface area contributed by atoms with Crippen LogP contribution in [0.1, 0.15) is 6.42 Å². The Morgan fingerprint density at radius 3 is 3.06 bits per heavy atom. The number of carbonyl (C=O) groups is 1. The van der Waals surface area contributed by atoms with Gasteiger partial charge in [0.25, 0.3) is 0 Å². The lowest BCUT2D eigenvalue weighted by Gasteiger charge is -2.10. The molecular formula is C11H9BrN2O2S. The first-order valence-electron chi connectivity index (χ1n) is 5.17. The fourth-order valence-corrected chi connectivity index (χ4v) is 3.46. The first-order valence-corrected chi connectivity index (χ1v) is 6.91. The molecule has 17 heavy (non-hydrogen) atoms. The Morgan fingerprint density at radius 2 is 2.35 bits per heavy atom. The number of alkyl halides is 1. The Balaban J connectivity index is 2.03. The van der Waals surface area contributed by atoms with Crippen molar-refractivity contribution < 1.29 is 9.90 Å². The Bertz CT molecular complexity index is 598. The summed E-state index contributed by atoms with van der Waals surface area (Å²) >= 11 is 4.87. The van der Waals surface area contributed by atoms with Crippen molar-refractivity contribution in [3.63, 3.8) is 0 Å². The van der Waals surface area contributed by atoms with Crippen molar-refractivity contribution in [3.05, 3.63) is 18.2 Å². The van der Waals surface area contributed by atoms with E-state index in [2.05, 4.69) is 20.9 Å². The van der Waals surface area contributed by atoms with Gasteiger partial charge < -0.3 is 5.11 Å². The number of rotatable bonds is 1. The van der Waals surface area contributed by atoms with Crippen molar-refractivity contribution in [2.24, 2.45) is 0 Å². The van der Waals surface area contributed by atoms with Crippen molar-refractivity contribution in [1.29, 1.82) is 0 Å². The fourth-order valence-electron chi connectivity index (χ4n) is 1.87. The number of fused-ring (bicyclic) bond motifs is 1. The van der Waals surface area contributed by atoms with Crippen LogP contribution >= 0.6 is 27.3 Å². The predicted octanol–water partition coefficient (Wildman–Crippen LogP) is 2.50. The maximum absolute atomic E-state index is 11.7. The normalized spacial score (nSPS) is 20.4. The molecule has 4 nitrogen and oxygen atoms in total. The van der Waals surface area contributed by atoms with Gasteiger partial charge in [-0.3, -0.25) is 9.69 Å². The highest BCUT2D eigenvalue weighted by atomic mass is 79.9. The number of carbonyl (C=O) groups excluding carboxylic acids is 1. The average Bonchev–Trinajstić information content (AvgIpc) is 2.80. The molecule has 1 fully saturated rings. The third-order valence-corrected chi connectivity index (χ3v) is 4.32. The summed E-state index contributed by atoms with van der Waals surface area (Å²) in [6, 6.07) is 5.03. The van der Waals surface area contributed by atoms with Gasteiger partial charge in [0.05, 0.1) is 10.2 Å². The van der Waals surface area contributed by atoms with Gasteiger partial charge in [-0.05, 0) is 18.2 Å². The zero-order valence-corrected chi connectivity index (χ0v) is 11.2. The molecule has 1 unspecified atom stereocenters. The smallest absolute Gasteiger partial charge is 0.230 e. The number of thiazole rings is 1. The first-order chi connectivity index (χ1) is 8.13. The van der Waals surface area contributed by atoms with Gasteiger partial charge >= 0.3 is 0 Å². The minimum absolute atomic E-state index is 0.0927. The number of hydrogen-bond donors (Lipinski definition) is 1. The van der Waals surface area contributed by atoms with Crippen LogP contribution in [0.5, 0.6) is 5.75 Å². The second kappa shape index (κ2) is 3.96. The molecule has 6 heteroatoms. The lowest BCUT2D eigenvalue weighted by Crippen LogP contribution is -2.24. The number of nitrogens with zero attached hydrogens (tertiary/aromatic N) is 2. The first kappa shape index (κ1) is 11.0. The number of phenolic OH excluding ortho intramolecular Hbond substituents is 1. The van der Waals surface area contributed by atoms with E-state index in [4.69, 9.17) is 0 Å². The molecule has 0 aliphatic carbocycles. The van der Waals surface area contributed by atoms with Crippen molar-refractivity contribution in [2.75, 3.05) is 11.4 Å². The zero-order chi connectivity index (χ0) is 12.0. The molecule has 0 spiro atoms. The van der Waals surface area contributed by atoms with Crippen LogP contribution in [0.4, 0.5) is 5.13 Å². The molecule has 1 aliphatic heterocycles. The van der Waals surface area contributed by atoms with E-state index < -0.39 is 0 Å². The summed E-state index contributed by atoms with van der Waals surface area (Å²) in [4.78, 5) is 18.1. The molecule has 1 N–H and O–H groups in total. The number of phenols is 1. The third-order valence-electron chi connectivity index (χ3n) is 2.67. The van der Waals surface area contributed by atoms with Crippen LogP contribution in [0.15, 0.2) is 18.2 Å². The molecule has 1 aromatic heterocycles. The standard InChI is InChI=1S/C11H9BrN2O2S/c12-6-3-10(16)14(5-6)11-13-8-2-1-7(15)4-9(8)17-11/h1-2,4,6,15H,3,5H2. The number of amides is 1. The fraction of sp³-hybridized carbons (Fsp3) is 0.273. The van der Waals surface area contributed by atoms with E-state index in [1.807, 2.05) is 0 Å². The van der Waals surface area contributed by atoms with E-state index in [9.17, 15) is 9.90 Å². The maximum atomic E-state index is 11.7. The Hall–Kier alpha value is -1.14. The van der Waals surface area contributed by atoms with Crippen LogP contribution in [0, 0.1) is 0 Å². The number of benzene rings is 1. The second-order valence-electron chi connectivity index (χ2n) is 3.95. The largest absolute Gasteiger partial charge is 0.508 e. The van der Waals surface area contributed by atoms with E-state index in [0.717, 1.165) is 10.2 Å². The predicted molar refractivity (Wildman–Crippen MR) is 71.0 cm³/mol. The lowest BCUT2D eigenvalue weighted by molar-refractivity contribution is -0.117. The van der Waals surface area contributed by atoms with Gasteiger partial charge in [0.15, 0.2) is 5.13 Å². The summed E-state index contributed by atoms with van der Waals surface area (Å²) < 4.78 is 0.894. The van der Waals surface area contributed by atoms with Gasteiger partial charge in [0.2, 0.25) is 5.91 Å². The summed E-state index contributed by atoms with van der Waals surface area (Å²) in [5.41, 5.74) is 0.814. The van der Waals surface area contributed by atoms with Gasteiger partial charge in [0, 0.05) is 17.8 Å². The summed E-state index contributed by atoms with van der Waals surface area (Å²) in [5, 5.41) is 10.1. The van der Waals surface area contributed by atoms with E-state index in [-0.39, 0.29) is 16.5 Å². The highest BCUT2D eigenvalue weighted by Gasteiger charge is 2.30. The van der Waals surface area contributed by atoms with Gasteiger partial charge in [-0.1, -0.05) is 27.3 Å². The molecule has 1 amide bonds. The zero-order valence-electron chi connectivity index (χ0n) is 8.76. The molecule has 0 bridgehead atoms. The summed E-state index contributed by atoms with van der Waals surface area (Å²) in [5.74, 6) is 0.314. The topological polar surface area (TPSA) is 53.4 Å². The van der Waals surface area contributed by atoms with Crippen LogP contribution in [0.2, 0.25) is 0 Å². The Kier molecular flexibility index (Phi) is 2.56. The number of halogens is 1. The second-order valence-corrected chi connectivity index (χ2v) is 6.26. The van der Waals surface area contributed by atoms with E-state index in [1.54, 1.807) is 23.1 Å². The average molecular weight is 313 g/mol. The monoisotopic (exact) mass is 312 g/mol. The molecule has 2 aromatic rings. The number of hydrogen-bond acceptors (Lipinski definition) is 4.